The summed E-state index contributed by atoms with van der Waals surface area (Å²) in [4.78, 5) is 0. The summed E-state index contributed by atoms with van der Waals surface area (Å²) in [6.07, 6.45) is 63.9. The molecule has 3 aromatic rings. The van der Waals surface area contributed by atoms with Crippen molar-refractivity contribution in [1.29, 1.82) is 0 Å². The molecule has 0 saturated heterocycles. The van der Waals surface area contributed by atoms with Crippen LogP contribution in [0.3, 0.4) is 0 Å². The third-order valence-electron chi connectivity index (χ3n) is 18.3. The summed E-state index contributed by atoms with van der Waals surface area (Å²) in [5.74, 6) is -0.412. The summed E-state index contributed by atoms with van der Waals surface area (Å²) in [6, 6.07) is 22.0. The van der Waals surface area contributed by atoms with Crippen molar-refractivity contribution in [3.63, 3.8) is 0 Å². The van der Waals surface area contributed by atoms with Crippen molar-refractivity contribution in [1.82, 2.24) is 0 Å². The Kier molecular flexibility index (Phi) is 42.8. The first-order valence-electron chi connectivity index (χ1n) is 36.1. The molecule has 0 spiro atoms. The third-order valence-corrected chi connectivity index (χ3v) is 18.6. The summed E-state index contributed by atoms with van der Waals surface area (Å²) >= 11 is 6.40. The van der Waals surface area contributed by atoms with Gasteiger partial charge >= 0.3 is 0 Å². The van der Waals surface area contributed by atoms with Crippen LogP contribution in [0.5, 0.6) is 5.75 Å². The maximum atomic E-state index is 12.9. The molecule has 0 fully saturated rings. The number of rotatable bonds is 59. The average Bonchev–Trinajstić information content (AvgIpc) is 2.32. The van der Waals surface area contributed by atoms with Crippen molar-refractivity contribution in [2.45, 2.75) is 353 Å². The minimum atomic E-state index is -1.36. The molecule has 2 unspecified atom stereocenters. The zero-order valence-corrected chi connectivity index (χ0v) is 55.4. The van der Waals surface area contributed by atoms with Gasteiger partial charge in [-0.2, -0.15) is 0 Å². The number of fused-ring (bicyclic) bond motifs is 3. The third kappa shape index (κ3) is 30.9. The molecule has 0 amide bonds. The van der Waals surface area contributed by atoms with Gasteiger partial charge in [-0.3, -0.25) is 0 Å². The molecule has 0 aromatic heterocycles. The number of benzene rings is 3. The highest BCUT2D eigenvalue weighted by atomic mass is 35.5. The number of hydrogen-bond donors (Lipinski definition) is 1. The number of aliphatic hydroxyl groups is 1. The van der Waals surface area contributed by atoms with E-state index in [1.165, 1.54) is 276 Å². The van der Waals surface area contributed by atoms with Crippen molar-refractivity contribution in [2.75, 3.05) is 26.4 Å². The van der Waals surface area contributed by atoms with Gasteiger partial charge in [-0.05, 0) is 67.1 Å². The summed E-state index contributed by atoms with van der Waals surface area (Å²) in [5, 5.41) is 13.5. The van der Waals surface area contributed by atoms with E-state index in [1.807, 2.05) is 54.6 Å². The molecule has 6 heteroatoms. The Hall–Kier alpha value is -2.41. The highest BCUT2D eigenvalue weighted by Crippen LogP contribution is 2.52. The van der Waals surface area contributed by atoms with Crippen LogP contribution in [0.1, 0.15) is 353 Å². The molecule has 1 aliphatic carbocycles. The van der Waals surface area contributed by atoms with Crippen molar-refractivity contribution in [2.24, 2.45) is 0 Å². The minimum absolute atomic E-state index is 0.315. The fourth-order valence-electron chi connectivity index (χ4n) is 12.8. The van der Waals surface area contributed by atoms with E-state index in [0.29, 0.717) is 37.2 Å². The van der Waals surface area contributed by atoms with Gasteiger partial charge in [0.15, 0.2) is 6.10 Å². The lowest BCUT2D eigenvalue weighted by Gasteiger charge is -2.38. The molecule has 0 bridgehead atoms. The molecule has 2 atom stereocenters. The van der Waals surface area contributed by atoms with Gasteiger partial charge in [0.1, 0.15) is 18.0 Å². The van der Waals surface area contributed by atoms with Crippen LogP contribution >= 0.6 is 11.6 Å². The Balaban J connectivity index is 1.35. The number of hydrogen-bond acceptors (Lipinski definition) is 5. The van der Waals surface area contributed by atoms with Gasteiger partial charge in [-0.15, -0.1) is 0 Å². The summed E-state index contributed by atoms with van der Waals surface area (Å²) in [5.41, 5.74) is 3.12. The van der Waals surface area contributed by atoms with Gasteiger partial charge in [-0.1, -0.05) is 364 Å². The standard InChI is InChI=1S/C77H129ClO5/c1-5-8-11-14-17-20-23-26-29-32-35-38-41-44-47-52-63-80-67-76(81-64-53-48-45-42-39-36-33-30-27-24-21-18-15-12-9-6-2,82-65-54-49-46-43-40-37-34-31-28-25-22-19-16-13-10-7-3)68(4)83-71-61-62-73-72-55-50-51-56-74(72)77(79,75(73)66-71)69-57-59-70(78)60-58-69/h50-51,55-62,66,68,79H,5-49,52-54,63-65,67H2,1-4H3. The molecular formula is C77H129ClO5. The van der Waals surface area contributed by atoms with E-state index in [-0.39, 0.29) is 0 Å². The summed E-state index contributed by atoms with van der Waals surface area (Å²) in [7, 11) is 0. The average molecular weight is 1170 g/mol. The van der Waals surface area contributed by atoms with Crippen LogP contribution in [0.4, 0.5) is 0 Å². The van der Waals surface area contributed by atoms with Gasteiger partial charge in [0.25, 0.3) is 0 Å². The molecule has 474 valence electrons. The molecule has 0 aliphatic heterocycles. The van der Waals surface area contributed by atoms with E-state index in [0.717, 1.165) is 59.9 Å². The van der Waals surface area contributed by atoms with Crippen LogP contribution in [0.25, 0.3) is 11.1 Å². The van der Waals surface area contributed by atoms with Crippen LogP contribution in [-0.2, 0) is 19.8 Å². The van der Waals surface area contributed by atoms with E-state index in [1.54, 1.807) is 0 Å². The van der Waals surface area contributed by atoms with E-state index in [4.69, 9.17) is 30.5 Å². The quantitative estimate of drug-likeness (QED) is 0.0451. The first-order valence-corrected chi connectivity index (χ1v) is 36.5. The second-order valence-corrected chi connectivity index (χ2v) is 26.1. The Morgan fingerprint density at radius 3 is 1.08 bits per heavy atom. The van der Waals surface area contributed by atoms with Crippen LogP contribution in [0.2, 0.25) is 5.02 Å². The predicted molar refractivity (Wildman–Crippen MR) is 360 cm³/mol. The van der Waals surface area contributed by atoms with E-state index in [2.05, 4.69) is 39.8 Å². The number of ether oxygens (including phenoxy) is 4. The summed E-state index contributed by atoms with van der Waals surface area (Å²) in [6.45, 7) is 11.2. The maximum Gasteiger partial charge on any atom is 0.229 e. The molecule has 0 radical (unpaired) electrons. The topological polar surface area (TPSA) is 57.2 Å². The van der Waals surface area contributed by atoms with Gasteiger partial charge in [-0.25, -0.2) is 0 Å². The molecule has 0 heterocycles. The molecule has 83 heavy (non-hydrogen) atoms. The Morgan fingerprint density at radius 1 is 0.386 bits per heavy atom. The van der Waals surface area contributed by atoms with Gasteiger partial charge in [0.2, 0.25) is 5.79 Å². The van der Waals surface area contributed by atoms with Crippen LogP contribution in [0.15, 0.2) is 66.7 Å². The lowest BCUT2D eigenvalue weighted by Crippen LogP contribution is -2.53. The number of halogens is 1. The fraction of sp³-hybridized carbons (Fsp3) is 0.766. The summed E-state index contributed by atoms with van der Waals surface area (Å²) < 4.78 is 27.9. The van der Waals surface area contributed by atoms with E-state index >= 15 is 0 Å². The highest BCUT2D eigenvalue weighted by molar-refractivity contribution is 6.30. The molecule has 4 rings (SSSR count). The van der Waals surface area contributed by atoms with E-state index < -0.39 is 17.5 Å². The van der Waals surface area contributed by atoms with Gasteiger partial charge in [0, 0.05) is 22.8 Å². The first-order chi connectivity index (χ1) is 40.9. The van der Waals surface area contributed by atoms with E-state index in [9.17, 15) is 5.11 Å². The van der Waals surface area contributed by atoms with Crippen molar-refractivity contribution < 1.29 is 24.1 Å². The van der Waals surface area contributed by atoms with Crippen LogP contribution in [0, 0.1) is 0 Å². The zero-order chi connectivity index (χ0) is 59.0. The Bertz CT molecular complexity index is 1910. The van der Waals surface area contributed by atoms with Crippen LogP contribution in [-0.4, -0.2) is 43.4 Å². The zero-order valence-electron chi connectivity index (χ0n) is 54.7. The second kappa shape index (κ2) is 48.6. The minimum Gasteiger partial charge on any atom is -0.485 e. The smallest absolute Gasteiger partial charge is 0.229 e. The van der Waals surface area contributed by atoms with Crippen molar-refractivity contribution in [3.05, 3.63) is 88.4 Å². The highest BCUT2D eigenvalue weighted by Gasteiger charge is 2.45. The largest absolute Gasteiger partial charge is 0.485 e. The Morgan fingerprint density at radius 2 is 0.711 bits per heavy atom. The normalized spacial score (nSPS) is 14.4. The van der Waals surface area contributed by atoms with Gasteiger partial charge in [0.05, 0.1) is 13.2 Å². The lowest BCUT2D eigenvalue weighted by molar-refractivity contribution is -0.295. The van der Waals surface area contributed by atoms with Crippen molar-refractivity contribution >= 4 is 11.6 Å². The molecular weight excluding hydrogens is 1040 g/mol. The van der Waals surface area contributed by atoms with Crippen molar-refractivity contribution in [3.8, 4) is 16.9 Å². The first kappa shape index (κ1) is 73.1. The van der Waals surface area contributed by atoms with Crippen LogP contribution < -0.4 is 4.74 Å². The fourth-order valence-corrected chi connectivity index (χ4v) is 13.0. The molecule has 3 aromatic carbocycles. The Labute approximate surface area is 518 Å². The predicted octanol–water partition coefficient (Wildman–Crippen LogP) is 24.9. The lowest BCUT2D eigenvalue weighted by atomic mass is 9.84. The maximum absolute atomic E-state index is 12.9. The SMILES string of the molecule is CCCCCCCCCCCCCCCCCCOCC(OCCCCCCCCCCCCCCCCCC)(OCCCCCCCCCCCCCCCCCC)C(C)Oc1ccc2c(c1)C(O)(c1ccc(Cl)cc1)c1ccccc1-2. The molecule has 1 N–H and O–H groups in total. The number of unbranched alkanes of at least 4 members (excludes halogenated alkanes) is 45. The molecule has 0 saturated carbocycles. The molecule has 1 aliphatic rings. The monoisotopic (exact) mass is 1170 g/mol. The van der Waals surface area contributed by atoms with Gasteiger partial charge < -0.3 is 24.1 Å². The second-order valence-electron chi connectivity index (χ2n) is 25.7. The molecule has 5 nitrogen and oxygen atoms in total.